The van der Waals surface area contributed by atoms with Gasteiger partial charge in [0.15, 0.2) is 11.5 Å². The number of amides is 1. The van der Waals surface area contributed by atoms with Gasteiger partial charge in [-0.3, -0.25) is 9.59 Å². The van der Waals surface area contributed by atoms with Crippen LogP contribution in [0.1, 0.15) is 49.9 Å². The number of ether oxygens (including phenoxy) is 3. The summed E-state index contributed by atoms with van der Waals surface area (Å²) in [7, 11) is 1.55. The highest BCUT2D eigenvalue weighted by Gasteiger charge is 2.46. The zero-order chi connectivity index (χ0) is 28.6. The van der Waals surface area contributed by atoms with E-state index in [-0.39, 0.29) is 11.3 Å². The number of aliphatic hydroxyl groups excluding tert-OH is 1. The quantitative estimate of drug-likeness (QED) is 0.167. The predicted octanol–water partition coefficient (Wildman–Crippen LogP) is 6.18. The molecule has 0 bridgehead atoms. The van der Waals surface area contributed by atoms with Gasteiger partial charge in [0.1, 0.15) is 11.5 Å². The van der Waals surface area contributed by atoms with Crippen LogP contribution in [-0.2, 0) is 16.0 Å². The molecule has 1 heterocycles. The maximum absolute atomic E-state index is 13.4. The van der Waals surface area contributed by atoms with Crippen LogP contribution in [0.4, 0.5) is 0 Å². The number of nitrogens with zero attached hydrogens (tertiary/aromatic N) is 1. The van der Waals surface area contributed by atoms with Gasteiger partial charge in [-0.15, -0.1) is 0 Å². The van der Waals surface area contributed by atoms with Gasteiger partial charge in [-0.2, -0.15) is 0 Å². The van der Waals surface area contributed by atoms with Gasteiger partial charge in [0.05, 0.1) is 31.9 Å². The highest BCUT2D eigenvalue weighted by molar-refractivity contribution is 6.46. The first kappa shape index (κ1) is 28.7. The molecular formula is C33H37NO6. The van der Waals surface area contributed by atoms with E-state index < -0.39 is 17.7 Å². The van der Waals surface area contributed by atoms with E-state index in [1.165, 1.54) is 4.90 Å². The molecule has 7 nitrogen and oxygen atoms in total. The molecule has 1 aliphatic heterocycles. The molecule has 3 aromatic carbocycles. The fraction of sp³-hybridized carbons (Fsp3) is 0.333. The summed E-state index contributed by atoms with van der Waals surface area (Å²) in [5.74, 6) is 0.642. The van der Waals surface area contributed by atoms with Gasteiger partial charge < -0.3 is 24.2 Å². The van der Waals surface area contributed by atoms with Crippen LogP contribution in [0.15, 0.2) is 78.4 Å². The number of rotatable bonds is 12. The van der Waals surface area contributed by atoms with E-state index in [1.54, 1.807) is 31.4 Å². The van der Waals surface area contributed by atoms with Crippen LogP contribution in [0.3, 0.4) is 0 Å². The van der Waals surface area contributed by atoms with E-state index in [9.17, 15) is 14.7 Å². The Kier molecular flexibility index (Phi) is 9.48. The molecule has 1 saturated heterocycles. The van der Waals surface area contributed by atoms with E-state index >= 15 is 0 Å². The Morgan fingerprint density at radius 1 is 0.950 bits per heavy atom. The smallest absolute Gasteiger partial charge is 0.295 e. The molecule has 1 N–H and O–H groups in total. The summed E-state index contributed by atoms with van der Waals surface area (Å²) in [4.78, 5) is 28.4. The maximum Gasteiger partial charge on any atom is 0.295 e. The van der Waals surface area contributed by atoms with Gasteiger partial charge in [0.2, 0.25) is 0 Å². The standard InChI is InChI=1S/C33H37NO6/c1-5-39-28-21-25(13-16-27(28)40-20-18-22(2)3)30-29(31(35)24-11-14-26(38-4)15-12-24)32(36)33(37)34(30)19-17-23-9-7-6-8-10-23/h6-16,21-22,30,35H,5,17-20H2,1-4H3. The number of carbonyl (C=O) groups is 2. The fourth-order valence-corrected chi connectivity index (χ4v) is 4.74. The molecule has 4 rings (SSSR count). The van der Waals surface area contributed by atoms with Crippen LogP contribution >= 0.6 is 0 Å². The van der Waals surface area contributed by atoms with Gasteiger partial charge in [0.25, 0.3) is 11.7 Å². The van der Waals surface area contributed by atoms with Gasteiger partial charge in [-0.05, 0) is 73.2 Å². The topological polar surface area (TPSA) is 85.3 Å². The van der Waals surface area contributed by atoms with Crippen molar-refractivity contribution in [2.75, 3.05) is 26.9 Å². The van der Waals surface area contributed by atoms with Crippen LogP contribution in [0.2, 0.25) is 0 Å². The van der Waals surface area contributed by atoms with Crippen molar-refractivity contribution in [3.63, 3.8) is 0 Å². The minimum Gasteiger partial charge on any atom is -0.507 e. The molecule has 1 fully saturated rings. The van der Waals surface area contributed by atoms with E-state index in [0.29, 0.717) is 60.5 Å². The number of carbonyl (C=O) groups excluding carboxylic acids is 2. The number of hydrogen-bond donors (Lipinski definition) is 1. The van der Waals surface area contributed by atoms with Gasteiger partial charge in [-0.1, -0.05) is 50.2 Å². The number of Topliss-reactive ketones (excluding diaryl/α,β-unsaturated/α-hetero) is 1. The normalized spacial score (nSPS) is 16.4. The number of benzene rings is 3. The molecule has 0 radical (unpaired) electrons. The van der Waals surface area contributed by atoms with E-state index in [1.807, 2.05) is 55.5 Å². The Hall–Kier alpha value is -4.26. The second-order valence-corrected chi connectivity index (χ2v) is 10.1. The summed E-state index contributed by atoms with van der Waals surface area (Å²) >= 11 is 0. The summed E-state index contributed by atoms with van der Waals surface area (Å²) in [6.45, 7) is 7.43. The third-order valence-electron chi connectivity index (χ3n) is 6.92. The first-order valence-corrected chi connectivity index (χ1v) is 13.7. The summed E-state index contributed by atoms with van der Waals surface area (Å²) in [5, 5.41) is 11.4. The van der Waals surface area contributed by atoms with Gasteiger partial charge in [-0.25, -0.2) is 0 Å². The van der Waals surface area contributed by atoms with Crippen LogP contribution in [0.5, 0.6) is 17.2 Å². The second kappa shape index (κ2) is 13.2. The second-order valence-electron chi connectivity index (χ2n) is 10.1. The van der Waals surface area contributed by atoms with Crippen molar-refractivity contribution in [3.05, 3.63) is 95.1 Å². The lowest BCUT2D eigenvalue weighted by Gasteiger charge is -2.26. The molecule has 0 spiro atoms. The largest absolute Gasteiger partial charge is 0.507 e. The zero-order valence-electron chi connectivity index (χ0n) is 23.6. The molecular weight excluding hydrogens is 506 g/mol. The Labute approximate surface area is 236 Å². The molecule has 0 aromatic heterocycles. The molecule has 3 aromatic rings. The summed E-state index contributed by atoms with van der Waals surface area (Å²) in [6, 6.07) is 21.2. The first-order valence-electron chi connectivity index (χ1n) is 13.7. The fourth-order valence-electron chi connectivity index (χ4n) is 4.74. The number of hydrogen-bond acceptors (Lipinski definition) is 6. The molecule has 1 aliphatic rings. The van der Waals surface area contributed by atoms with Crippen molar-refractivity contribution in [2.45, 2.75) is 39.7 Å². The lowest BCUT2D eigenvalue weighted by atomic mass is 9.94. The highest BCUT2D eigenvalue weighted by atomic mass is 16.5. The predicted molar refractivity (Wildman–Crippen MR) is 155 cm³/mol. The van der Waals surface area contributed by atoms with Crippen molar-refractivity contribution in [1.82, 2.24) is 4.90 Å². The Bertz CT molecular complexity index is 1350. The Balaban J connectivity index is 1.77. The van der Waals surface area contributed by atoms with Crippen molar-refractivity contribution in [2.24, 2.45) is 5.92 Å². The van der Waals surface area contributed by atoms with Crippen molar-refractivity contribution in [1.29, 1.82) is 0 Å². The van der Waals surface area contributed by atoms with Crippen LogP contribution in [0.25, 0.3) is 5.76 Å². The van der Waals surface area contributed by atoms with Crippen LogP contribution in [0, 0.1) is 5.92 Å². The summed E-state index contributed by atoms with van der Waals surface area (Å²) in [6.07, 6.45) is 1.45. The lowest BCUT2D eigenvalue weighted by molar-refractivity contribution is -0.139. The number of methoxy groups -OCH3 is 1. The summed E-state index contributed by atoms with van der Waals surface area (Å²) < 4.78 is 17.2. The number of aliphatic hydroxyl groups is 1. The minimum atomic E-state index is -0.797. The Morgan fingerprint density at radius 2 is 1.68 bits per heavy atom. The molecule has 40 heavy (non-hydrogen) atoms. The third-order valence-corrected chi connectivity index (χ3v) is 6.92. The summed E-state index contributed by atoms with van der Waals surface area (Å²) in [5.41, 5.74) is 2.16. The van der Waals surface area contributed by atoms with E-state index in [2.05, 4.69) is 13.8 Å². The van der Waals surface area contributed by atoms with Gasteiger partial charge >= 0.3 is 0 Å². The molecule has 7 heteroatoms. The molecule has 1 amide bonds. The van der Waals surface area contributed by atoms with E-state index in [4.69, 9.17) is 14.2 Å². The Morgan fingerprint density at radius 3 is 2.33 bits per heavy atom. The van der Waals surface area contributed by atoms with Gasteiger partial charge in [0, 0.05) is 12.1 Å². The lowest BCUT2D eigenvalue weighted by Crippen LogP contribution is -2.31. The molecule has 210 valence electrons. The first-order chi connectivity index (χ1) is 19.3. The van der Waals surface area contributed by atoms with Crippen molar-refractivity contribution in [3.8, 4) is 17.2 Å². The SMILES string of the molecule is CCOc1cc(C2C(=C(O)c3ccc(OC)cc3)C(=O)C(=O)N2CCc2ccccc2)ccc1OCCC(C)C. The van der Waals surface area contributed by atoms with Crippen molar-refractivity contribution >= 4 is 17.4 Å². The minimum absolute atomic E-state index is 0.0409. The molecule has 1 unspecified atom stereocenters. The zero-order valence-corrected chi connectivity index (χ0v) is 23.6. The van der Waals surface area contributed by atoms with Crippen LogP contribution < -0.4 is 14.2 Å². The van der Waals surface area contributed by atoms with Crippen molar-refractivity contribution < 1.29 is 28.9 Å². The van der Waals surface area contributed by atoms with E-state index in [0.717, 1.165) is 12.0 Å². The average Bonchev–Trinajstić information content (AvgIpc) is 3.22. The molecule has 1 atom stereocenters. The number of likely N-dealkylation sites (tertiary alicyclic amines) is 1. The monoisotopic (exact) mass is 543 g/mol. The average molecular weight is 544 g/mol. The van der Waals surface area contributed by atoms with Crippen LogP contribution in [-0.4, -0.2) is 48.6 Å². The molecule has 0 aliphatic carbocycles. The highest BCUT2D eigenvalue weighted by Crippen LogP contribution is 2.42. The third kappa shape index (κ3) is 6.47. The number of ketones is 1. The molecule has 0 saturated carbocycles. The maximum atomic E-state index is 13.4.